The lowest BCUT2D eigenvalue weighted by Gasteiger charge is -2.08. The fourth-order valence-corrected chi connectivity index (χ4v) is 2.16. The Morgan fingerprint density at radius 3 is 2.75 bits per heavy atom. The summed E-state index contributed by atoms with van der Waals surface area (Å²) in [4.78, 5) is 8.66. The Morgan fingerprint density at radius 2 is 1.95 bits per heavy atom. The van der Waals surface area contributed by atoms with E-state index in [-0.39, 0.29) is 0 Å². The van der Waals surface area contributed by atoms with Crippen molar-refractivity contribution < 1.29 is 4.74 Å². The van der Waals surface area contributed by atoms with Crippen molar-refractivity contribution in [3.05, 3.63) is 59.9 Å². The third kappa shape index (κ3) is 2.58. The van der Waals surface area contributed by atoms with Gasteiger partial charge in [-0.2, -0.15) is 0 Å². The Hall–Kier alpha value is -2.13. The van der Waals surface area contributed by atoms with E-state index in [4.69, 9.17) is 16.3 Å². The fourth-order valence-electron chi connectivity index (χ4n) is 2.02. The fraction of sp³-hybridized carbons (Fsp3) is 0.125. The van der Waals surface area contributed by atoms with E-state index in [1.165, 1.54) is 0 Å². The van der Waals surface area contributed by atoms with Crippen LogP contribution in [0.25, 0.3) is 10.9 Å². The number of ether oxygens (including phenoxy) is 1. The molecular weight excluding hydrogens is 272 g/mol. The monoisotopic (exact) mass is 284 g/mol. The van der Waals surface area contributed by atoms with Crippen molar-refractivity contribution in [1.82, 2.24) is 9.97 Å². The number of aryl methyl sites for hydroxylation is 1. The van der Waals surface area contributed by atoms with E-state index >= 15 is 0 Å². The van der Waals surface area contributed by atoms with Crippen LogP contribution in [0.4, 0.5) is 0 Å². The summed E-state index contributed by atoms with van der Waals surface area (Å²) < 4.78 is 5.80. The van der Waals surface area contributed by atoms with E-state index in [0.29, 0.717) is 17.5 Å². The van der Waals surface area contributed by atoms with Gasteiger partial charge in [-0.05, 0) is 30.7 Å². The molecule has 2 aromatic heterocycles. The van der Waals surface area contributed by atoms with Crippen molar-refractivity contribution in [1.29, 1.82) is 0 Å². The van der Waals surface area contributed by atoms with Crippen LogP contribution < -0.4 is 4.74 Å². The zero-order valence-electron chi connectivity index (χ0n) is 11.0. The van der Waals surface area contributed by atoms with Crippen molar-refractivity contribution in [3.63, 3.8) is 0 Å². The summed E-state index contributed by atoms with van der Waals surface area (Å²) >= 11 is 5.79. The van der Waals surface area contributed by atoms with Gasteiger partial charge in [-0.25, -0.2) is 4.98 Å². The van der Waals surface area contributed by atoms with Crippen molar-refractivity contribution in [2.24, 2.45) is 0 Å². The summed E-state index contributed by atoms with van der Waals surface area (Å²) in [5.41, 5.74) is 2.88. The second-order valence-electron chi connectivity index (χ2n) is 4.57. The minimum absolute atomic E-state index is 0.450. The molecule has 1 aromatic carbocycles. The third-order valence-electron chi connectivity index (χ3n) is 3.02. The van der Waals surface area contributed by atoms with Crippen LogP contribution in [-0.4, -0.2) is 9.97 Å². The van der Waals surface area contributed by atoms with E-state index in [1.54, 1.807) is 12.4 Å². The summed E-state index contributed by atoms with van der Waals surface area (Å²) in [6, 6.07) is 11.9. The predicted octanol–water partition coefficient (Wildman–Crippen LogP) is 4.47. The quantitative estimate of drug-likeness (QED) is 0.666. The number of benzene rings is 1. The molecule has 3 rings (SSSR count). The van der Waals surface area contributed by atoms with Crippen LogP contribution in [0.1, 0.15) is 11.1 Å². The Kier molecular flexibility index (Phi) is 3.52. The highest BCUT2D eigenvalue weighted by molar-refractivity contribution is 6.17. The molecule has 0 aliphatic carbocycles. The molecule has 0 saturated heterocycles. The summed E-state index contributed by atoms with van der Waals surface area (Å²) in [5.74, 6) is 1.71. The van der Waals surface area contributed by atoms with Crippen molar-refractivity contribution in [2.45, 2.75) is 12.8 Å². The van der Waals surface area contributed by atoms with Crippen molar-refractivity contribution in [3.8, 4) is 11.6 Å². The number of fused-ring (bicyclic) bond motifs is 1. The van der Waals surface area contributed by atoms with E-state index in [2.05, 4.69) is 9.97 Å². The van der Waals surface area contributed by atoms with Crippen molar-refractivity contribution >= 4 is 22.5 Å². The molecular formula is C16H13ClN2O. The highest BCUT2D eigenvalue weighted by Gasteiger charge is 2.05. The van der Waals surface area contributed by atoms with Gasteiger partial charge in [0, 0.05) is 23.0 Å². The lowest BCUT2D eigenvalue weighted by molar-refractivity contribution is 0.457. The number of para-hydroxylation sites is 1. The van der Waals surface area contributed by atoms with Gasteiger partial charge in [0.1, 0.15) is 5.75 Å². The highest BCUT2D eigenvalue weighted by atomic mass is 35.5. The molecule has 0 N–H and O–H groups in total. The van der Waals surface area contributed by atoms with Gasteiger partial charge in [-0.15, -0.1) is 11.6 Å². The van der Waals surface area contributed by atoms with Crippen LogP contribution in [0.5, 0.6) is 11.6 Å². The zero-order chi connectivity index (χ0) is 13.9. The smallest absolute Gasteiger partial charge is 0.222 e. The SMILES string of the molecule is Cc1cc(CCl)cnc1Oc1cnc2ccccc2c1. The third-order valence-corrected chi connectivity index (χ3v) is 3.33. The van der Waals surface area contributed by atoms with Crippen LogP contribution in [0.3, 0.4) is 0 Å². The standard InChI is InChI=1S/C16H13ClN2O/c1-11-6-12(8-17)9-19-16(11)20-14-7-13-4-2-3-5-15(13)18-10-14/h2-7,9-10H,8H2,1H3. The molecule has 0 bridgehead atoms. The summed E-state index contributed by atoms with van der Waals surface area (Å²) in [6.07, 6.45) is 3.43. The maximum atomic E-state index is 5.80. The van der Waals surface area contributed by atoms with Crippen LogP contribution in [-0.2, 0) is 5.88 Å². The molecule has 20 heavy (non-hydrogen) atoms. The lowest BCUT2D eigenvalue weighted by atomic mass is 10.2. The maximum absolute atomic E-state index is 5.80. The Bertz CT molecular complexity index is 758. The normalized spacial score (nSPS) is 10.7. The first-order valence-corrected chi connectivity index (χ1v) is 6.84. The average molecular weight is 285 g/mol. The number of aromatic nitrogens is 2. The molecule has 3 aromatic rings. The first-order valence-electron chi connectivity index (χ1n) is 6.30. The molecule has 0 amide bonds. The summed E-state index contributed by atoms with van der Waals surface area (Å²) in [5, 5.41) is 1.04. The minimum Gasteiger partial charge on any atom is -0.437 e. The van der Waals surface area contributed by atoms with E-state index in [9.17, 15) is 0 Å². The van der Waals surface area contributed by atoms with Crippen LogP contribution in [0.2, 0.25) is 0 Å². The molecule has 0 fully saturated rings. The number of hydrogen-bond acceptors (Lipinski definition) is 3. The van der Waals surface area contributed by atoms with Crippen LogP contribution in [0.15, 0.2) is 48.8 Å². The molecule has 3 nitrogen and oxygen atoms in total. The van der Waals surface area contributed by atoms with Crippen molar-refractivity contribution in [2.75, 3.05) is 0 Å². The number of rotatable bonds is 3. The Labute approximate surface area is 122 Å². The first-order chi connectivity index (χ1) is 9.76. The summed E-state index contributed by atoms with van der Waals surface area (Å²) in [6.45, 7) is 1.95. The highest BCUT2D eigenvalue weighted by Crippen LogP contribution is 2.25. The maximum Gasteiger partial charge on any atom is 0.222 e. The second kappa shape index (κ2) is 5.47. The number of halogens is 1. The van der Waals surface area contributed by atoms with Crippen LogP contribution in [0, 0.1) is 6.92 Å². The molecule has 4 heteroatoms. The average Bonchev–Trinajstić information content (AvgIpc) is 2.49. The van der Waals surface area contributed by atoms with Gasteiger partial charge in [0.05, 0.1) is 11.7 Å². The molecule has 0 atom stereocenters. The molecule has 0 aliphatic heterocycles. The minimum atomic E-state index is 0.450. The van der Waals surface area contributed by atoms with Gasteiger partial charge in [0.15, 0.2) is 0 Å². The van der Waals surface area contributed by atoms with Crippen LogP contribution >= 0.6 is 11.6 Å². The number of alkyl halides is 1. The molecule has 2 heterocycles. The van der Waals surface area contributed by atoms with Gasteiger partial charge in [0.2, 0.25) is 5.88 Å². The second-order valence-corrected chi connectivity index (χ2v) is 4.83. The van der Waals surface area contributed by atoms with Gasteiger partial charge in [0.25, 0.3) is 0 Å². The molecule has 0 saturated carbocycles. The lowest BCUT2D eigenvalue weighted by Crippen LogP contribution is -1.93. The van der Waals surface area contributed by atoms with Gasteiger partial charge >= 0.3 is 0 Å². The molecule has 0 radical (unpaired) electrons. The van der Waals surface area contributed by atoms with E-state index < -0.39 is 0 Å². The van der Waals surface area contributed by atoms with E-state index in [1.807, 2.05) is 43.3 Å². The largest absolute Gasteiger partial charge is 0.437 e. The zero-order valence-corrected chi connectivity index (χ0v) is 11.8. The van der Waals surface area contributed by atoms with E-state index in [0.717, 1.165) is 22.0 Å². The van der Waals surface area contributed by atoms with Gasteiger partial charge in [-0.1, -0.05) is 18.2 Å². The topological polar surface area (TPSA) is 35.0 Å². The number of nitrogens with zero attached hydrogens (tertiary/aromatic N) is 2. The molecule has 100 valence electrons. The Balaban J connectivity index is 1.92. The Morgan fingerprint density at radius 1 is 1.10 bits per heavy atom. The predicted molar refractivity (Wildman–Crippen MR) is 80.3 cm³/mol. The summed E-state index contributed by atoms with van der Waals surface area (Å²) in [7, 11) is 0. The van der Waals surface area contributed by atoms with Gasteiger partial charge < -0.3 is 4.74 Å². The first kappa shape index (κ1) is 12.9. The number of pyridine rings is 2. The molecule has 0 aliphatic rings. The molecule has 0 unspecified atom stereocenters. The number of hydrogen-bond donors (Lipinski definition) is 0. The van der Waals surface area contributed by atoms with Gasteiger partial charge in [-0.3, -0.25) is 4.98 Å². The molecule has 0 spiro atoms.